The molecule has 1 aliphatic heterocycles. The van der Waals surface area contributed by atoms with E-state index in [-0.39, 0.29) is 5.95 Å². The Balaban J connectivity index is 1.94. The molecule has 1 unspecified atom stereocenters. The summed E-state index contributed by atoms with van der Waals surface area (Å²) in [5.74, 6) is 0.179. The van der Waals surface area contributed by atoms with Gasteiger partial charge in [-0.3, -0.25) is 0 Å². The van der Waals surface area contributed by atoms with Crippen LogP contribution < -0.4 is 5.32 Å². The molecule has 1 aliphatic rings. The smallest absolute Gasteiger partial charge is 0.390 e. The van der Waals surface area contributed by atoms with Gasteiger partial charge in [0.2, 0.25) is 6.33 Å². The van der Waals surface area contributed by atoms with Gasteiger partial charge in [-0.1, -0.05) is 4.98 Å². The Kier molecular flexibility index (Phi) is 2.91. The molecule has 1 saturated heterocycles. The van der Waals surface area contributed by atoms with Crippen LogP contribution in [0.4, 0.5) is 5.95 Å². The van der Waals surface area contributed by atoms with Crippen molar-refractivity contribution in [2.24, 2.45) is 5.92 Å². The van der Waals surface area contributed by atoms with E-state index in [1.165, 1.54) is 6.33 Å². The van der Waals surface area contributed by atoms with Crippen LogP contribution in [-0.2, 0) is 6.54 Å². The molecule has 0 aliphatic carbocycles. The molecule has 1 N–H and O–H groups in total. The SMILES string of the molecule is O=[N+]([O-])c1ncn(CC2CCCNC2)n1. The van der Waals surface area contributed by atoms with Crippen LogP contribution in [0.1, 0.15) is 12.8 Å². The van der Waals surface area contributed by atoms with Gasteiger partial charge >= 0.3 is 5.95 Å². The first kappa shape index (κ1) is 10.0. The second kappa shape index (κ2) is 4.35. The molecule has 2 heterocycles. The lowest BCUT2D eigenvalue weighted by Gasteiger charge is -2.21. The van der Waals surface area contributed by atoms with Gasteiger partial charge in [0.05, 0.1) is 6.54 Å². The van der Waals surface area contributed by atoms with Crippen LogP contribution in [0.15, 0.2) is 6.33 Å². The summed E-state index contributed by atoms with van der Waals surface area (Å²) in [6.07, 6.45) is 3.72. The topological polar surface area (TPSA) is 85.9 Å². The first-order valence-electron chi connectivity index (χ1n) is 5.00. The van der Waals surface area contributed by atoms with Gasteiger partial charge in [-0.2, -0.15) is 4.68 Å². The molecule has 1 atom stereocenters. The third-order valence-corrected chi connectivity index (χ3v) is 2.53. The summed E-state index contributed by atoms with van der Waals surface area (Å²) in [7, 11) is 0. The van der Waals surface area contributed by atoms with E-state index in [4.69, 9.17) is 0 Å². The fraction of sp³-hybridized carbons (Fsp3) is 0.750. The van der Waals surface area contributed by atoms with E-state index in [1.54, 1.807) is 4.68 Å². The molecule has 0 radical (unpaired) electrons. The second-order valence-electron chi connectivity index (χ2n) is 3.74. The van der Waals surface area contributed by atoms with Gasteiger partial charge in [0.1, 0.15) is 0 Å². The van der Waals surface area contributed by atoms with Crippen molar-refractivity contribution in [3.8, 4) is 0 Å². The van der Waals surface area contributed by atoms with Crippen molar-refractivity contribution in [1.82, 2.24) is 20.1 Å². The average Bonchev–Trinajstić information content (AvgIpc) is 2.68. The number of hydrogen-bond acceptors (Lipinski definition) is 5. The molecule has 1 aromatic rings. The average molecular weight is 211 g/mol. The van der Waals surface area contributed by atoms with E-state index in [9.17, 15) is 10.1 Å². The number of nitrogens with one attached hydrogen (secondary N) is 1. The summed E-state index contributed by atoms with van der Waals surface area (Å²) in [5.41, 5.74) is 0. The van der Waals surface area contributed by atoms with Crippen LogP contribution in [-0.4, -0.2) is 32.8 Å². The normalized spacial score (nSPS) is 21.5. The third kappa shape index (κ3) is 2.50. The van der Waals surface area contributed by atoms with E-state index in [1.807, 2.05) is 0 Å². The lowest BCUT2D eigenvalue weighted by molar-refractivity contribution is -0.394. The summed E-state index contributed by atoms with van der Waals surface area (Å²) in [6, 6.07) is 0. The predicted molar refractivity (Wildman–Crippen MR) is 52.3 cm³/mol. The maximum Gasteiger partial charge on any atom is 0.490 e. The molecule has 7 heteroatoms. The maximum atomic E-state index is 10.4. The molecule has 1 fully saturated rings. The quantitative estimate of drug-likeness (QED) is 0.569. The Morgan fingerprint density at radius 3 is 3.20 bits per heavy atom. The van der Waals surface area contributed by atoms with Crippen LogP contribution in [0.25, 0.3) is 0 Å². The van der Waals surface area contributed by atoms with Gasteiger partial charge in [0, 0.05) is 5.10 Å². The molecule has 2 rings (SSSR count). The molecular formula is C8H13N5O2. The monoisotopic (exact) mass is 211 g/mol. The van der Waals surface area contributed by atoms with Crippen molar-refractivity contribution in [1.29, 1.82) is 0 Å². The first-order valence-corrected chi connectivity index (χ1v) is 5.00. The van der Waals surface area contributed by atoms with Crippen molar-refractivity contribution in [2.45, 2.75) is 19.4 Å². The fourth-order valence-electron chi connectivity index (χ4n) is 1.80. The van der Waals surface area contributed by atoms with Crippen LogP contribution in [0, 0.1) is 16.0 Å². The van der Waals surface area contributed by atoms with E-state index >= 15 is 0 Å². The minimum Gasteiger partial charge on any atom is -0.390 e. The molecule has 82 valence electrons. The molecule has 0 amide bonds. The van der Waals surface area contributed by atoms with Gasteiger partial charge in [0.15, 0.2) is 0 Å². The zero-order valence-electron chi connectivity index (χ0n) is 8.30. The third-order valence-electron chi connectivity index (χ3n) is 2.53. The summed E-state index contributed by atoms with van der Waals surface area (Å²) < 4.78 is 1.55. The number of nitrogens with zero attached hydrogens (tertiary/aromatic N) is 4. The zero-order valence-corrected chi connectivity index (χ0v) is 8.30. The van der Waals surface area contributed by atoms with Crippen LogP contribution in [0.2, 0.25) is 0 Å². The van der Waals surface area contributed by atoms with Crippen molar-refractivity contribution < 1.29 is 4.92 Å². The number of rotatable bonds is 3. The molecule has 7 nitrogen and oxygen atoms in total. The van der Waals surface area contributed by atoms with Gasteiger partial charge in [-0.05, 0) is 36.8 Å². The highest BCUT2D eigenvalue weighted by Crippen LogP contribution is 2.12. The van der Waals surface area contributed by atoms with E-state index in [0.29, 0.717) is 12.5 Å². The lowest BCUT2D eigenvalue weighted by Crippen LogP contribution is -2.32. The van der Waals surface area contributed by atoms with E-state index < -0.39 is 4.92 Å². The highest BCUT2D eigenvalue weighted by molar-refractivity contribution is 4.97. The highest BCUT2D eigenvalue weighted by Gasteiger charge is 2.18. The van der Waals surface area contributed by atoms with Crippen molar-refractivity contribution >= 4 is 5.95 Å². The predicted octanol–water partition coefficient (Wildman–Crippen LogP) is 0.186. The number of aromatic nitrogens is 3. The molecule has 0 saturated carbocycles. The Labute approximate surface area is 86.6 Å². The Morgan fingerprint density at radius 2 is 2.60 bits per heavy atom. The number of nitro groups is 1. The summed E-state index contributed by atoms with van der Waals surface area (Å²) in [4.78, 5) is 13.4. The fourth-order valence-corrected chi connectivity index (χ4v) is 1.80. The maximum absolute atomic E-state index is 10.4. The largest absolute Gasteiger partial charge is 0.490 e. The molecular weight excluding hydrogens is 198 g/mol. The minimum atomic E-state index is -0.574. The standard InChI is InChI=1S/C8H13N5O2/c14-13(15)8-10-6-12(11-8)5-7-2-1-3-9-4-7/h6-7,9H,1-5H2. The summed E-state index contributed by atoms with van der Waals surface area (Å²) in [6.45, 7) is 2.72. The number of hydrogen-bond donors (Lipinski definition) is 1. The summed E-state index contributed by atoms with van der Waals surface area (Å²) in [5, 5.41) is 17.4. The van der Waals surface area contributed by atoms with Gasteiger partial charge < -0.3 is 15.4 Å². The Bertz CT molecular complexity index is 345. The van der Waals surface area contributed by atoms with Crippen molar-refractivity contribution in [3.05, 3.63) is 16.4 Å². The van der Waals surface area contributed by atoms with Crippen LogP contribution >= 0.6 is 0 Å². The first-order chi connectivity index (χ1) is 7.25. The highest BCUT2D eigenvalue weighted by atomic mass is 16.6. The number of piperidine rings is 1. The molecule has 0 spiro atoms. The zero-order chi connectivity index (χ0) is 10.7. The molecule has 15 heavy (non-hydrogen) atoms. The lowest BCUT2D eigenvalue weighted by atomic mass is 10.00. The second-order valence-corrected chi connectivity index (χ2v) is 3.74. The van der Waals surface area contributed by atoms with E-state index in [2.05, 4.69) is 15.4 Å². The molecule has 0 bridgehead atoms. The molecule has 1 aromatic heterocycles. The van der Waals surface area contributed by atoms with Crippen molar-refractivity contribution in [3.63, 3.8) is 0 Å². The van der Waals surface area contributed by atoms with E-state index in [0.717, 1.165) is 25.9 Å². The van der Waals surface area contributed by atoms with Gasteiger partial charge in [-0.25, -0.2) is 0 Å². The minimum absolute atomic E-state index is 0.321. The molecule has 0 aromatic carbocycles. The van der Waals surface area contributed by atoms with Gasteiger partial charge in [0.25, 0.3) is 0 Å². The Hall–Kier alpha value is -1.50. The van der Waals surface area contributed by atoms with Gasteiger partial charge in [-0.15, -0.1) is 0 Å². The Morgan fingerprint density at radius 1 is 1.73 bits per heavy atom. The van der Waals surface area contributed by atoms with Crippen molar-refractivity contribution in [2.75, 3.05) is 13.1 Å². The van der Waals surface area contributed by atoms with Crippen LogP contribution in [0.3, 0.4) is 0 Å². The summed E-state index contributed by atoms with van der Waals surface area (Å²) >= 11 is 0. The van der Waals surface area contributed by atoms with Crippen LogP contribution in [0.5, 0.6) is 0 Å².